The van der Waals surface area contributed by atoms with Gasteiger partial charge in [0.15, 0.2) is 0 Å². The molecule has 2 rings (SSSR count). The smallest absolute Gasteiger partial charge is 0.115 e. The van der Waals surface area contributed by atoms with Gasteiger partial charge in [0, 0.05) is 0 Å². The lowest BCUT2D eigenvalue weighted by Crippen LogP contribution is -2.07. The number of phenols is 1. The van der Waals surface area contributed by atoms with Crippen molar-refractivity contribution in [3.05, 3.63) is 54.1 Å². The van der Waals surface area contributed by atoms with Crippen molar-refractivity contribution in [1.82, 2.24) is 0 Å². The molecule has 0 heterocycles. The number of phenolic OH excluding ortho intramolecular Hbond substituents is 1. The van der Waals surface area contributed by atoms with Crippen LogP contribution in [0, 0.1) is 5.92 Å². The molecule has 3 N–H and O–H groups in total. The zero-order chi connectivity index (χ0) is 13.7. The van der Waals surface area contributed by atoms with E-state index in [4.69, 9.17) is 5.73 Å². The van der Waals surface area contributed by atoms with Crippen LogP contribution < -0.4 is 5.73 Å². The predicted octanol–water partition coefficient (Wildman–Crippen LogP) is 3.59. The Morgan fingerprint density at radius 1 is 0.947 bits per heavy atom. The first kappa shape index (κ1) is 13.6. The Morgan fingerprint density at radius 2 is 1.47 bits per heavy atom. The van der Waals surface area contributed by atoms with E-state index in [2.05, 4.69) is 31.2 Å². The maximum Gasteiger partial charge on any atom is 0.115 e. The number of nitrogens with two attached hydrogens (primary N) is 1. The normalized spacial score (nSPS) is 12.3. The summed E-state index contributed by atoms with van der Waals surface area (Å²) in [5, 5.41) is 9.29. The zero-order valence-electron chi connectivity index (χ0n) is 11.3. The Hall–Kier alpha value is -1.80. The molecule has 0 saturated heterocycles. The van der Waals surface area contributed by atoms with Gasteiger partial charge in [0.25, 0.3) is 0 Å². The summed E-state index contributed by atoms with van der Waals surface area (Å²) in [5.74, 6) is 0.931. The average Bonchev–Trinajstić information content (AvgIpc) is 2.41. The Morgan fingerprint density at radius 3 is 2.00 bits per heavy atom. The second-order valence-electron chi connectivity index (χ2n) is 5.13. The van der Waals surface area contributed by atoms with Crippen LogP contribution in [0.15, 0.2) is 48.5 Å². The summed E-state index contributed by atoms with van der Waals surface area (Å²) < 4.78 is 0. The third-order valence-electron chi connectivity index (χ3n) is 3.40. The molecule has 0 aliphatic rings. The van der Waals surface area contributed by atoms with Crippen LogP contribution >= 0.6 is 0 Å². The lowest BCUT2D eigenvalue weighted by molar-refractivity contribution is 0.475. The number of hydrogen-bond acceptors (Lipinski definition) is 2. The highest BCUT2D eigenvalue weighted by Crippen LogP contribution is 2.23. The highest BCUT2D eigenvalue weighted by atomic mass is 16.3. The molecular formula is C17H21NO. The summed E-state index contributed by atoms with van der Waals surface area (Å²) in [6.07, 6.45) is 2.15. The molecule has 19 heavy (non-hydrogen) atoms. The van der Waals surface area contributed by atoms with Crippen molar-refractivity contribution in [2.45, 2.75) is 19.8 Å². The Balaban J connectivity index is 2.08. The van der Waals surface area contributed by atoms with Gasteiger partial charge in [-0.05, 0) is 54.1 Å². The molecule has 2 aromatic rings. The minimum absolute atomic E-state index is 0.302. The van der Waals surface area contributed by atoms with Gasteiger partial charge < -0.3 is 10.8 Å². The predicted molar refractivity (Wildman–Crippen MR) is 80.1 cm³/mol. The zero-order valence-corrected chi connectivity index (χ0v) is 11.3. The molecule has 0 spiro atoms. The second-order valence-corrected chi connectivity index (χ2v) is 5.13. The van der Waals surface area contributed by atoms with Crippen molar-refractivity contribution in [2.75, 3.05) is 6.54 Å². The Labute approximate surface area is 114 Å². The van der Waals surface area contributed by atoms with Crippen LogP contribution in [0.4, 0.5) is 0 Å². The van der Waals surface area contributed by atoms with Gasteiger partial charge in [-0.15, -0.1) is 0 Å². The van der Waals surface area contributed by atoms with E-state index in [0.717, 1.165) is 24.9 Å². The fourth-order valence-corrected chi connectivity index (χ4v) is 2.28. The van der Waals surface area contributed by atoms with Crippen molar-refractivity contribution >= 4 is 0 Å². The molecular weight excluding hydrogens is 234 g/mol. The van der Waals surface area contributed by atoms with E-state index >= 15 is 0 Å². The quantitative estimate of drug-likeness (QED) is 0.857. The first-order chi connectivity index (χ1) is 9.19. The lowest BCUT2D eigenvalue weighted by atomic mass is 9.96. The Bertz CT molecular complexity index is 502. The van der Waals surface area contributed by atoms with E-state index in [1.807, 2.05) is 12.1 Å². The summed E-state index contributed by atoms with van der Waals surface area (Å²) in [5.41, 5.74) is 9.23. The van der Waals surface area contributed by atoms with Gasteiger partial charge >= 0.3 is 0 Å². The molecule has 0 bridgehead atoms. The third-order valence-corrected chi connectivity index (χ3v) is 3.40. The number of rotatable bonds is 5. The monoisotopic (exact) mass is 255 g/mol. The molecule has 0 radical (unpaired) electrons. The second kappa shape index (κ2) is 6.39. The van der Waals surface area contributed by atoms with E-state index < -0.39 is 0 Å². The third kappa shape index (κ3) is 3.83. The topological polar surface area (TPSA) is 46.2 Å². The molecule has 0 aromatic heterocycles. The number of hydrogen-bond donors (Lipinski definition) is 2. The summed E-state index contributed by atoms with van der Waals surface area (Å²) in [7, 11) is 0. The van der Waals surface area contributed by atoms with Crippen LogP contribution in [0.2, 0.25) is 0 Å². The van der Waals surface area contributed by atoms with Crippen LogP contribution in [0.5, 0.6) is 5.75 Å². The van der Waals surface area contributed by atoms with Gasteiger partial charge in [0.05, 0.1) is 0 Å². The SMILES string of the molecule is CC(CCN)Cc1ccc(-c2ccc(O)cc2)cc1. The fourth-order valence-electron chi connectivity index (χ4n) is 2.28. The molecule has 0 aliphatic carbocycles. The van der Waals surface area contributed by atoms with Gasteiger partial charge in [0.1, 0.15) is 5.75 Å². The van der Waals surface area contributed by atoms with Crippen LogP contribution in [-0.2, 0) is 6.42 Å². The van der Waals surface area contributed by atoms with Crippen molar-refractivity contribution in [3.8, 4) is 16.9 Å². The fraction of sp³-hybridized carbons (Fsp3) is 0.294. The Kier molecular flexibility index (Phi) is 4.58. The maximum absolute atomic E-state index is 9.29. The number of benzene rings is 2. The van der Waals surface area contributed by atoms with E-state index in [9.17, 15) is 5.11 Å². The van der Waals surface area contributed by atoms with Crippen LogP contribution in [0.3, 0.4) is 0 Å². The van der Waals surface area contributed by atoms with E-state index in [1.54, 1.807) is 12.1 Å². The van der Waals surface area contributed by atoms with E-state index in [1.165, 1.54) is 11.1 Å². The number of aromatic hydroxyl groups is 1. The first-order valence-corrected chi connectivity index (χ1v) is 6.77. The summed E-state index contributed by atoms with van der Waals surface area (Å²) in [6.45, 7) is 2.99. The minimum Gasteiger partial charge on any atom is -0.508 e. The molecule has 1 atom stereocenters. The highest BCUT2D eigenvalue weighted by Gasteiger charge is 2.03. The molecule has 0 amide bonds. The van der Waals surface area contributed by atoms with Crippen LogP contribution in [0.25, 0.3) is 11.1 Å². The van der Waals surface area contributed by atoms with Gasteiger partial charge in [-0.1, -0.05) is 43.3 Å². The van der Waals surface area contributed by atoms with Gasteiger partial charge in [-0.25, -0.2) is 0 Å². The molecule has 100 valence electrons. The molecule has 2 nitrogen and oxygen atoms in total. The maximum atomic E-state index is 9.29. The van der Waals surface area contributed by atoms with Crippen molar-refractivity contribution < 1.29 is 5.11 Å². The molecule has 2 heteroatoms. The summed E-state index contributed by atoms with van der Waals surface area (Å²) in [6, 6.07) is 15.9. The van der Waals surface area contributed by atoms with Gasteiger partial charge in [-0.2, -0.15) is 0 Å². The summed E-state index contributed by atoms with van der Waals surface area (Å²) in [4.78, 5) is 0. The van der Waals surface area contributed by atoms with E-state index in [-0.39, 0.29) is 0 Å². The molecule has 0 aliphatic heterocycles. The van der Waals surface area contributed by atoms with E-state index in [0.29, 0.717) is 11.7 Å². The lowest BCUT2D eigenvalue weighted by Gasteiger charge is -2.10. The first-order valence-electron chi connectivity index (χ1n) is 6.77. The molecule has 0 fully saturated rings. The van der Waals surface area contributed by atoms with Crippen molar-refractivity contribution in [2.24, 2.45) is 11.7 Å². The van der Waals surface area contributed by atoms with Crippen molar-refractivity contribution in [1.29, 1.82) is 0 Å². The molecule has 2 aromatic carbocycles. The van der Waals surface area contributed by atoms with Gasteiger partial charge in [-0.3, -0.25) is 0 Å². The molecule has 1 unspecified atom stereocenters. The average molecular weight is 255 g/mol. The largest absolute Gasteiger partial charge is 0.508 e. The standard InChI is InChI=1S/C17H21NO/c1-13(10-11-18)12-14-2-4-15(5-3-14)16-6-8-17(19)9-7-16/h2-9,13,19H,10-12,18H2,1H3. The highest BCUT2D eigenvalue weighted by molar-refractivity contribution is 5.64. The summed E-state index contributed by atoms with van der Waals surface area (Å²) >= 11 is 0. The molecule has 0 saturated carbocycles. The van der Waals surface area contributed by atoms with Crippen LogP contribution in [-0.4, -0.2) is 11.7 Å². The minimum atomic E-state index is 0.302. The van der Waals surface area contributed by atoms with Gasteiger partial charge in [0.2, 0.25) is 0 Å². The van der Waals surface area contributed by atoms with Crippen LogP contribution in [0.1, 0.15) is 18.9 Å². The van der Waals surface area contributed by atoms with Crippen molar-refractivity contribution in [3.63, 3.8) is 0 Å².